The number of ether oxygens (including phenoxy) is 2. The number of benzene rings is 1. The summed E-state index contributed by atoms with van der Waals surface area (Å²) in [5, 5.41) is 3.19. The molecule has 3 aromatic rings. The van der Waals surface area contributed by atoms with Gasteiger partial charge in [0.15, 0.2) is 11.5 Å². The first-order valence-corrected chi connectivity index (χ1v) is 12.1. The average molecular weight is 469 g/mol. The monoisotopic (exact) mass is 468 g/mol. The van der Waals surface area contributed by atoms with E-state index in [1.54, 1.807) is 24.4 Å². The molecule has 0 atom stereocenters. The second-order valence-corrected chi connectivity index (χ2v) is 9.63. The molecule has 172 valence electrons. The van der Waals surface area contributed by atoms with Crippen LogP contribution >= 0.6 is 0 Å². The minimum absolute atomic E-state index is 0.208. The summed E-state index contributed by atoms with van der Waals surface area (Å²) in [5.74, 6) is 3.73. The van der Waals surface area contributed by atoms with Gasteiger partial charge in [-0.05, 0) is 31.2 Å². The SMILES string of the molecule is Cc1nc(Nc2ccccn2)cc(N2CCN(S(=O)(=O)c3ccc4c(c3)OCCO4)CC2)n1. The van der Waals surface area contributed by atoms with Crippen LogP contribution in [0.3, 0.4) is 0 Å². The molecule has 2 aromatic heterocycles. The number of hydrogen-bond donors (Lipinski definition) is 1. The highest BCUT2D eigenvalue weighted by Crippen LogP contribution is 2.33. The molecule has 2 aliphatic heterocycles. The first-order chi connectivity index (χ1) is 16.0. The van der Waals surface area contributed by atoms with Gasteiger partial charge in [0.05, 0.1) is 4.90 Å². The van der Waals surface area contributed by atoms with E-state index in [0.717, 1.165) is 5.82 Å². The van der Waals surface area contributed by atoms with E-state index in [1.165, 1.54) is 4.31 Å². The van der Waals surface area contributed by atoms with Crippen molar-refractivity contribution in [1.82, 2.24) is 19.3 Å². The summed E-state index contributed by atoms with van der Waals surface area (Å²) in [6.07, 6.45) is 1.71. The number of rotatable bonds is 5. The Morgan fingerprint density at radius 3 is 2.45 bits per heavy atom. The maximum Gasteiger partial charge on any atom is 0.243 e. The van der Waals surface area contributed by atoms with Gasteiger partial charge in [0.2, 0.25) is 10.0 Å². The fourth-order valence-corrected chi connectivity index (χ4v) is 5.27. The largest absolute Gasteiger partial charge is 0.486 e. The zero-order chi connectivity index (χ0) is 22.8. The number of fused-ring (bicyclic) bond motifs is 1. The molecule has 33 heavy (non-hydrogen) atoms. The highest BCUT2D eigenvalue weighted by atomic mass is 32.2. The van der Waals surface area contributed by atoms with Crippen molar-refractivity contribution >= 4 is 27.5 Å². The molecule has 0 bridgehead atoms. The third kappa shape index (κ3) is 4.55. The van der Waals surface area contributed by atoms with Crippen molar-refractivity contribution in [3.63, 3.8) is 0 Å². The lowest BCUT2D eigenvalue weighted by Crippen LogP contribution is -2.49. The van der Waals surface area contributed by atoms with E-state index in [0.29, 0.717) is 68.4 Å². The third-order valence-electron chi connectivity index (χ3n) is 5.46. The van der Waals surface area contributed by atoms with Crippen LogP contribution < -0.4 is 19.7 Å². The van der Waals surface area contributed by atoms with Crippen LogP contribution in [-0.4, -0.2) is 67.1 Å². The first kappa shape index (κ1) is 21.4. The summed E-state index contributed by atoms with van der Waals surface area (Å²) in [4.78, 5) is 15.5. The number of hydrogen-bond acceptors (Lipinski definition) is 9. The fraction of sp³-hybridized carbons (Fsp3) is 0.318. The summed E-state index contributed by atoms with van der Waals surface area (Å²) in [6, 6.07) is 12.2. The van der Waals surface area contributed by atoms with Gasteiger partial charge in [-0.15, -0.1) is 0 Å². The van der Waals surface area contributed by atoms with Crippen molar-refractivity contribution in [2.24, 2.45) is 0 Å². The maximum absolute atomic E-state index is 13.2. The molecule has 0 spiro atoms. The van der Waals surface area contributed by atoms with E-state index in [2.05, 4.69) is 25.2 Å². The van der Waals surface area contributed by atoms with E-state index in [1.807, 2.05) is 31.2 Å². The smallest absolute Gasteiger partial charge is 0.243 e. The second kappa shape index (κ2) is 8.83. The summed E-state index contributed by atoms with van der Waals surface area (Å²) in [5.41, 5.74) is 0. The van der Waals surface area contributed by atoms with Crippen molar-refractivity contribution in [3.05, 3.63) is 54.5 Å². The van der Waals surface area contributed by atoms with Gasteiger partial charge in [-0.3, -0.25) is 0 Å². The topological polar surface area (TPSA) is 110 Å². The predicted molar refractivity (Wildman–Crippen MR) is 123 cm³/mol. The Kier molecular flexibility index (Phi) is 5.73. The zero-order valence-electron chi connectivity index (χ0n) is 18.1. The van der Waals surface area contributed by atoms with Crippen molar-refractivity contribution in [2.45, 2.75) is 11.8 Å². The lowest BCUT2D eigenvalue weighted by atomic mass is 10.3. The Morgan fingerprint density at radius 2 is 1.70 bits per heavy atom. The van der Waals surface area contributed by atoms with Gasteiger partial charge in [-0.1, -0.05) is 6.07 Å². The van der Waals surface area contributed by atoms with Gasteiger partial charge in [-0.25, -0.2) is 23.4 Å². The number of aromatic nitrogens is 3. The molecule has 0 radical (unpaired) electrons. The molecule has 0 amide bonds. The molecule has 0 unspecified atom stereocenters. The molecule has 5 rings (SSSR count). The summed E-state index contributed by atoms with van der Waals surface area (Å²) >= 11 is 0. The van der Waals surface area contributed by atoms with Crippen LogP contribution in [0.1, 0.15) is 5.82 Å². The molecule has 1 N–H and O–H groups in total. The minimum Gasteiger partial charge on any atom is -0.486 e. The number of anilines is 3. The summed E-state index contributed by atoms with van der Waals surface area (Å²) in [6.45, 7) is 4.43. The number of aryl methyl sites for hydroxylation is 1. The molecule has 1 aromatic carbocycles. The van der Waals surface area contributed by atoms with Crippen molar-refractivity contribution < 1.29 is 17.9 Å². The number of nitrogens with one attached hydrogen (secondary N) is 1. The van der Waals surface area contributed by atoms with Crippen LogP contribution in [0.4, 0.5) is 17.5 Å². The Labute approximate surface area is 192 Å². The van der Waals surface area contributed by atoms with Crippen molar-refractivity contribution in [3.8, 4) is 11.5 Å². The van der Waals surface area contributed by atoms with Crippen molar-refractivity contribution in [2.75, 3.05) is 49.6 Å². The predicted octanol–water partition coefficient (Wildman–Crippen LogP) is 2.21. The van der Waals surface area contributed by atoms with Gasteiger partial charge in [0, 0.05) is 44.5 Å². The normalized spacial score (nSPS) is 16.5. The maximum atomic E-state index is 13.2. The summed E-state index contributed by atoms with van der Waals surface area (Å²) in [7, 11) is -3.64. The van der Waals surface area contributed by atoms with E-state index in [4.69, 9.17) is 9.47 Å². The van der Waals surface area contributed by atoms with Gasteiger partial charge < -0.3 is 19.7 Å². The number of nitrogens with zero attached hydrogens (tertiary/aromatic N) is 5. The number of pyridine rings is 1. The molecule has 4 heterocycles. The molecule has 1 fully saturated rings. The fourth-order valence-electron chi connectivity index (χ4n) is 3.84. The van der Waals surface area contributed by atoms with Crippen LogP contribution in [-0.2, 0) is 10.0 Å². The van der Waals surface area contributed by atoms with E-state index >= 15 is 0 Å². The first-order valence-electron chi connectivity index (χ1n) is 10.7. The Bertz CT molecular complexity index is 1250. The number of piperazine rings is 1. The quantitative estimate of drug-likeness (QED) is 0.603. The summed E-state index contributed by atoms with van der Waals surface area (Å²) < 4.78 is 38.9. The second-order valence-electron chi connectivity index (χ2n) is 7.70. The van der Waals surface area contributed by atoms with Gasteiger partial charge in [0.25, 0.3) is 0 Å². The molecule has 0 aliphatic carbocycles. The van der Waals surface area contributed by atoms with Crippen molar-refractivity contribution in [1.29, 1.82) is 0 Å². The zero-order valence-corrected chi connectivity index (χ0v) is 19.0. The Balaban J connectivity index is 1.29. The lowest BCUT2D eigenvalue weighted by molar-refractivity contribution is 0.171. The molecule has 10 nitrogen and oxygen atoms in total. The van der Waals surface area contributed by atoms with E-state index < -0.39 is 10.0 Å². The Hall–Kier alpha value is -3.44. The standard InChI is InChI=1S/C22H24N6O4S/c1-16-24-21(26-20-4-2-3-7-23-20)15-22(25-16)27-8-10-28(11-9-27)33(29,30)17-5-6-18-19(14-17)32-13-12-31-18/h2-7,14-15H,8-13H2,1H3,(H,23,24,25,26). The molecular formula is C22H24N6O4S. The van der Waals surface area contributed by atoms with Gasteiger partial charge >= 0.3 is 0 Å². The minimum atomic E-state index is -3.64. The highest BCUT2D eigenvalue weighted by Gasteiger charge is 2.30. The van der Waals surface area contributed by atoms with Crippen LogP contribution in [0, 0.1) is 6.92 Å². The number of sulfonamides is 1. The highest BCUT2D eigenvalue weighted by molar-refractivity contribution is 7.89. The van der Waals surface area contributed by atoms with Gasteiger partial charge in [0.1, 0.15) is 36.5 Å². The molecule has 2 aliphatic rings. The molecule has 0 saturated carbocycles. The molecule has 1 saturated heterocycles. The lowest BCUT2D eigenvalue weighted by Gasteiger charge is -2.35. The average Bonchev–Trinajstić information content (AvgIpc) is 2.84. The van der Waals surface area contributed by atoms with E-state index in [9.17, 15) is 8.42 Å². The van der Waals surface area contributed by atoms with Crippen LogP contribution in [0.15, 0.2) is 53.6 Å². The molecular weight excluding hydrogens is 444 g/mol. The van der Waals surface area contributed by atoms with E-state index in [-0.39, 0.29) is 4.90 Å². The van der Waals surface area contributed by atoms with Crippen LogP contribution in [0.25, 0.3) is 0 Å². The molecule has 11 heteroatoms. The third-order valence-corrected chi connectivity index (χ3v) is 7.35. The van der Waals surface area contributed by atoms with Gasteiger partial charge in [-0.2, -0.15) is 4.31 Å². The van der Waals surface area contributed by atoms with Crippen LogP contribution in [0.5, 0.6) is 11.5 Å². The Morgan fingerprint density at radius 1 is 0.909 bits per heavy atom. The van der Waals surface area contributed by atoms with Crippen LogP contribution in [0.2, 0.25) is 0 Å².